The molecule has 0 amide bonds. The van der Waals surface area contributed by atoms with Crippen molar-refractivity contribution in [3.8, 4) is 0 Å². The summed E-state index contributed by atoms with van der Waals surface area (Å²) in [5, 5.41) is 0. The zero-order valence-electron chi connectivity index (χ0n) is 13.6. The van der Waals surface area contributed by atoms with E-state index in [-0.39, 0.29) is 18.2 Å². The molecule has 0 saturated carbocycles. The molecule has 3 unspecified atom stereocenters. The average Bonchev–Trinajstić information content (AvgIpc) is 2.86. The van der Waals surface area contributed by atoms with Crippen LogP contribution in [-0.4, -0.2) is 51.0 Å². The summed E-state index contributed by atoms with van der Waals surface area (Å²) in [5.41, 5.74) is 10.1. The van der Waals surface area contributed by atoms with E-state index in [4.69, 9.17) is 15.2 Å². The highest BCUT2D eigenvalue weighted by Crippen LogP contribution is 2.21. The van der Waals surface area contributed by atoms with Gasteiger partial charge in [-0.2, -0.15) is 0 Å². The van der Waals surface area contributed by atoms with E-state index >= 15 is 0 Å². The van der Waals surface area contributed by atoms with E-state index in [9.17, 15) is 0 Å². The monoisotopic (exact) mass is 292 g/mol. The molecule has 21 heavy (non-hydrogen) atoms. The van der Waals surface area contributed by atoms with Gasteiger partial charge in [-0.25, -0.2) is 0 Å². The number of ether oxygens (including phenoxy) is 2. The molecular weight excluding hydrogens is 264 g/mol. The Bertz CT molecular complexity index is 432. The molecule has 0 spiro atoms. The van der Waals surface area contributed by atoms with Gasteiger partial charge >= 0.3 is 0 Å². The molecule has 118 valence electrons. The van der Waals surface area contributed by atoms with Crippen molar-refractivity contribution in [1.29, 1.82) is 0 Å². The lowest BCUT2D eigenvalue weighted by atomic mass is 10.00. The van der Waals surface area contributed by atoms with Crippen LogP contribution in [0.2, 0.25) is 0 Å². The Morgan fingerprint density at radius 3 is 2.10 bits per heavy atom. The second-order valence-corrected chi connectivity index (χ2v) is 6.12. The number of rotatable bonds is 6. The number of aryl methyl sites for hydroxylation is 2. The molecule has 0 bridgehead atoms. The van der Waals surface area contributed by atoms with Crippen LogP contribution in [0.15, 0.2) is 18.2 Å². The molecule has 3 atom stereocenters. The molecule has 1 fully saturated rings. The van der Waals surface area contributed by atoms with Crippen LogP contribution >= 0.6 is 0 Å². The van der Waals surface area contributed by atoms with Gasteiger partial charge in [-0.15, -0.1) is 0 Å². The van der Waals surface area contributed by atoms with Gasteiger partial charge in [-0.3, -0.25) is 4.90 Å². The molecule has 1 aliphatic rings. The Labute approximate surface area is 128 Å². The number of likely N-dealkylation sites (tertiary alicyclic amines) is 1. The predicted molar refractivity (Wildman–Crippen MR) is 85.5 cm³/mol. The molecule has 0 aliphatic carbocycles. The highest BCUT2D eigenvalue weighted by Gasteiger charge is 2.32. The zero-order valence-corrected chi connectivity index (χ0v) is 13.6. The highest BCUT2D eigenvalue weighted by molar-refractivity contribution is 5.30. The van der Waals surface area contributed by atoms with Gasteiger partial charge in [0.25, 0.3) is 0 Å². The van der Waals surface area contributed by atoms with Gasteiger partial charge < -0.3 is 15.2 Å². The fourth-order valence-corrected chi connectivity index (χ4v) is 3.17. The van der Waals surface area contributed by atoms with Crippen LogP contribution in [0.1, 0.15) is 29.2 Å². The summed E-state index contributed by atoms with van der Waals surface area (Å²) in [6, 6.07) is 6.66. The summed E-state index contributed by atoms with van der Waals surface area (Å²) in [6.07, 6.45) is 1.30. The SMILES string of the molecule is COC1CN(CCC(N)c2cc(C)cc(C)c2)CC1OC. The third kappa shape index (κ3) is 4.27. The van der Waals surface area contributed by atoms with E-state index in [0.717, 1.165) is 26.1 Å². The first-order chi connectivity index (χ1) is 10.0. The van der Waals surface area contributed by atoms with E-state index in [1.54, 1.807) is 14.2 Å². The van der Waals surface area contributed by atoms with Crippen LogP contribution in [-0.2, 0) is 9.47 Å². The van der Waals surface area contributed by atoms with Gasteiger partial charge in [0.15, 0.2) is 0 Å². The van der Waals surface area contributed by atoms with Gasteiger partial charge in [-0.1, -0.05) is 29.3 Å². The Kier molecular flexibility index (Phi) is 5.76. The summed E-state index contributed by atoms with van der Waals surface area (Å²) < 4.78 is 10.9. The molecule has 2 rings (SSSR count). The van der Waals surface area contributed by atoms with Gasteiger partial charge in [0.1, 0.15) is 0 Å². The quantitative estimate of drug-likeness (QED) is 0.871. The van der Waals surface area contributed by atoms with Crippen molar-refractivity contribution in [3.05, 3.63) is 34.9 Å². The number of nitrogens with two attached hydrogens (primary N) is 1. The molecule has 2 N–H and O–H groups in total. The van der Waals surface area contributed by atoms with E-state index in [0.29, 0.717) is 0 Å². The normalized spacial score (nSPS) is 24.4. The lowest BCUT2D eigenvalue weighted by Crippen LogP contribution is -2.27. The Hall–Kier alpha value is -0.940. The van der Waals surface area contributed by atoms with Gasteiger partial charge in [0.2, 0.25) is 0 Å². The lowest BCUT2D eigenvalue weighted by Gasteiger charge is -2.19. The smallest absolute Gasteiger partial charge is 0.0971 e. The summed E-state index contributed by atoms with van der Waals surface area (Å²) in [5.74, 6) is 0. The molecular formula is C17H28N2O2. The average molecular weight is 292 g/mol. The van der Waals surface area contributed by atoms with E-state index in [1.807, 2.05) is 0 Å². The number of hydrogen-bond donors (Lipinski definition) is 1. The third-order valence-electron chi connectivity index (χ3n) is 4.32. The maximum absolute atomic E-state index is 6.36. The van der Waals surface area contributed by atoms with Crippen LogP contribution in [0.3, 0.4) is 0 Å². The van der Waals surface area contributed by atoms with Crippen LogP contribution in [0, 0.1) is 13.8 Å². The number of methoxy groups -OCH3 is 2. The molecule has 0 aromatic heterocycles. The summed E-state index contributed by atoms with van der Waals surface area (Å²) >= 11 is 0. The first kappa shape index (κ1) is 16.4. The Balaban J connectivity index is 1.88. The van der Waals surface area contributed by atoms with Crippen LogP contribution in [0.25, 0.3) is 0 Å². The second kappa shape index (κ2) is 7.36. The molecule has 1 aromatic rings. The highest BCUT2D eigenvalue weighted by atomic mass is 16.5. The minimum atomic E-state index is 0.0891. The van der Waals surface area contributed by atoms with Crippen molar-refractivity contribution >= 4 is 0 Å². The first-order valence-electron chi connectivity index (χ1n) is 7.65. The molecule has 1 saturated heterocycles. The molecule has 1 aromatic carbocycles. The largest absolute Gasteiger partial charge is 0.377 e. The van der Waals surface area contributed by atoms with Gasteiger partial charge in [0.05, 0.1) is 12.2 Å². The van der Waals surface area contributed by atoms with Gasteiger partial charge in [0, 0.05) is 39.9 Å². The van der Waals surface area contributed by atoms with E-state index in [2.05, 4.69) is 36.9 Å². The van der Waals surface area contributed by atoms with Crippen molar-refractivity contribution in [2.45, 2.75) is 38.5 Å². The van der Waals surface area contributed by atoms with Crippen molar-refractivity contribution in [2.24, 2.45) is 5.73 Å². The fraction of sp³-hybridized carbons (Fsp3) is 0.647. The third-order valence-corrected chi connectivity index (χ3v) is 4.32. The maximum atomic E-state index is 6.36. The maximum Gasteiger partial charge on any atom is 0.0971 e. The second-order valence-electron chi connectivity index (χ2n) is 6.12. The molecule has 1 aliphatic heterocycles. The Morgan fingerprint density at radius 1 is 1.10 bits per heavy atom. The summed E-state index contributed by atoms with van der Waals surface area (Å²) in [6.45, 7) is 7.07. The zero-order chi connectivity index (χ0) is 15.4. The van der Waals surface area contributed by atoms with Crippen LogP contribution < -0.4 is 5.73 Å². The molecule has 0 radical (unpaired) electrons. The standard InChI is InChI=1S/C17H28N2O2/c1-12-7-13(2)9-14(8-12)15(18)5-6-19-10-16(20-3)17(11-19)21-4/h7-9,15-17H,5-6,10-11,18H2,1-4H3. The van der Waals surface area contributed by atoms with Crippen molar-refractivity contribution in [3.63, 3.8) is 0 Å². The van der Waals surface area contributed by atoms with Crippen molar-refractivity contribution in [1.82, 2.24) is 4.90 Å². The van der Waals surface area contributed by atoms with Gasteiger partial charge in [-0.05, 0) is 25.8 Å². The van der Waals surface area contributed by atoms with Crippen molar-refractivity contribution in [2.75, 3.05) is 33.9 Å². The summed E-state index contributed by atoms with van der Waals surface area (Å²) in [7, 11) is 3.50. The lowest BCUT2D eigenvalue weighted by molar-refractivity contribution is -0.00461. The molecule has 1 heterocycles. The molecule has 4 nitrogen and oxygen atoms in total. The number of hydrogen-bond acceptors (Lipinski definition) is 4. The number of nitrogens with zero attached hydrogens (tertiary/aromatic N) is 1. The molecule has 4 heteroatoms. The number of benzene rings is 1. The first-order valence-corrected chi connectivity index (χ1v) is 7.65. The fourth-order valence-electron chi connectivity index (χ4n) is 3.17. The summed E-state index contributed by atoms with van der Waals surface area (Å²) in [4.78, 5) is 2.38. The van der Waals surface area contributed by atoms with E-state index in [1.165, 1.54) is 16.7 Å². The topological polar surface area (TPSA) is 47.7 Å². The van der Waals surface area contributed by atoms with Crippen LogP contribution in [0.4, 0.5) is 0 Å². The van der Waals surface area contributed by atoms with Crippen molar-refractivity contribution < 1.29 is 9.47 Å². The predicted octanol–water partition coefficient (Wildman–Crippen LogP) is 2.04. The minimum absolute atomic E-state index is 0.0891. The Morgan fingerprint density at radius 2 is 1.62 bits per heavy atom. The minimum Gasteiger partial charge on any atom is -0.377 e. The van der Waals surface area contributed by atoms with Crippen LogP contribution in [0.5, 0.6) is 0 Å². The van der Waals surface area contributed by atoms with E-state index < -0.39 is 0 Å².